The monoisotopic (exact) mass is 231 g/mol. The highest BCUT2D eigenvalue weighted by atomic mass is 16.5. The van der Waals surface area contributed by atoms with Crippen molar-refractivity contribution in [1.82, 2.24) is 4.90 Å². The average molecular weight is 231 g/mol. The summed E-state index contributed by atoms with van der Waals surface area (Å²) in [5, 5.41) is 9.36. The molecule has 0 bridgehead atoms. The van der Waals surface area contributed by atoms with Gasteiger partial charge in [0.05, 0.1) is 12.7 Å². The van der Waals surface area contributed by atoms with Gasteiger partial charge in [0.1, 0.15) is 5.54 Å². The Hall–Kier alpha value is -0.650. The number of hydrogen-bond donors (Lipinski definition) is 1. The van der Waals surface area contributed by atoms with Crippen molar-refractivity contribution in [3.8, 4) is 0 Å². The molecule has 0 aliphatic carbocycles. The van der Waals surface area contributed by atoms with E-state index in [0.717, 1.165) is 0 Å². The van der Waals surface area contributed by atoms with Crippen LogP contribution in [0.2, 0.25) is 0 Å². The van der Waals surface area contributed by atoms with E-state index in [2.05, 4.69) is 0 Å². The van der Waals surface area contributed by atoms with E-state index in [1.807, 2.05) is 11.8 Å². The van der Waals surface area contributed by atoms with Crippen LogP contribution in [0.3, 0.4) is 0 Å². The lowest BCUT2D eigenvalue weighted by molar-refractivity contribution is -0.157. The number of carbonyl (C=O) groups is 1. The number of nitrogens with zero attached hydrogens (tertiary/aromatic N) is 1. The van der Waals surface area contributed by atoms with Gasteiger partial charge in [-0.15, -0.1) is 0 Å². The minimum Gasteiger partial charge on any atom is -0.480 e. The fraction of sp³-hybridized carbons (Fsp3) is 0.909. The van der Waals surface area contributed by atoms with Crippen LogP contribution >= 0.6 is 0 Å². The van der Waals surface area contributed by atoms with Gasteiger partial charge in [-0.2, -0.15) is 0 Å². The molecule has 94 valence electrons. The SMILES string of the molecule is COCCC(C)(C(=O)O)N1CCOC(C)C1. The number of hydrogen-bond acceptors (Lipinski definition) is 4. The molecule has 1 aliphatic heterocycles. The molecule has 0 aromatic rings. The van der Waals surface area contributed by atoms with Crippen LogP contribution in [0.4, 0.5) is 0 Å². The Morgan fingerprint density at radius 3 is 2.88 bits per heavy atom. The van der Waals surface area contributed by atoms with E-state index < -0.39 is 11.5 Å². The summed E-state index contributed by atoms with van der Waals surface area (Å²) in [5.74, 6) is -0.793. The summed E-state index contributed by atoms with van der Waals surface area (Å²) in [6, 6.07) is 0. The van der Waals surface area contributed by atoms with E-state index in [1.165, 1.54) is 0 Å². The van der Waals surface area contributed by atoms with Gasteiger partial charge < -0.3 is 14.6 Å². The summed E-state index contributed by atoms with van der Waals surface area (Å²) in [6.45, 7) is 6.09. The van der Waals surface area contributed by atoms with Gasteiger partial charge in [0, 0.05) is 26.8 Å². The number of aliphatic carboxylic acids is 1. The molecule has 2 unspecified atom stereocenters. The van der Waals surface area contributed by atoms with Crippen molar-refractivity contribution in [3.63, 3.8) is 0 Å². The maximum absolute atomic E-state index is 11.4. The van der Waals surface area contributed by atoms with Crippen LogP contribution in [0, 0.1) is 0 Å². The predicted molar refractivity (Wildman–Crippen MR) is 59.5 cm³/mol. The van der Waals surface area contributed by atoms with Crippen LogP contribution in [0.5, 0.6) is 0 Å². The second kappa shape index (κ2) is 5.61. The molecule has 0 aromatic heterocycles. The first-order chi connectivity index (χ1) is 7.50. The molecule has 0 aromatic carbocycles. The first kappa shape index (κ1) is 13.4. The molecule has 1 aliphatic rings. The average Bonchev–Trinajstić information content (AvgIpc) is 2.25. The van der Waals surface area contributed by atoms with Crippen LogP contribution in [-0.2, 0) is 14.3 Å². The standard InChI is InChI=1S/C11H21NO4/c1-9-8-12(5-7-16-9)11(2,10(13)14)4-6-15-3/h9H,4-8H2,1-3H3,(H,13,14). The minimum absolute atomic E-state index is 0.0926. The van der Waals surface area contributed by atoms with E-state index in [0.29, 0.717) is 32.7 Å². The molecular formula is C11H21NO4. The molecule has 0 radical (unpaired) electrons. The van der Waals surface area contributed by atoms with Gasteiger partial charge in [-0.1, -0.05) is 0 Å². The van der Waals surface area contributed by atoms with Crippen LogP contribution in [0.25, 0.3) is 0 Å². The van der Waals surface area contributed by atoms with Gasteiger partial charge in [0.25, 0.3) is 0 Å². The normalized spacial score (nSPS) is 26.3. The Kier molecular flexibility index (Phi) is 4.70. The summed E-state index contributed by atoms with van der Waals surface area (Å²) < 4.78 is 10.4. The fourth-order valence-electron chi connectivity index (χ4n) is 1.97. The van der Waals surface area contributed by atoms with E-state index in [9.17, 15) is 9.90 Å². The summed E-state index contributed by atoms with van der Waals surface area (Å²) in [4.78, 5) is 13.4. The molecule has 1 N–H and O–H groups in total. The van der Waals surface area contributed by atoms with E-state index in [-0.39, 0.29) is 6.10 Å². The van der Waals surface area contributed by atoms with Crippen LogP contribution in [0.1, 0.15) is 20.3 Å². The Morgan fingerprint density at radius 1 is 1.69 bits per heavy atom. The summed E-state index contributed by atoms with van der Waals surface area (Å²) >= 11 is 0. The maximum Gasteiger partial charge on any atom is 0.323 e. The molecule has 1 rings (SSSR count). The van der Waals surface area contributed by atoms with Crippen LogP contribution in [0.15, 0.2) is 0 Å². The maximum atomic E-state index is 11.4. The van der Waals surface area contributed by atoms with E-state index in [4.69, 9.17) is 9.47 Å². The molecule has 0 amide bonds. The Labute approximate surface area is 96.3 Å². The predicted octanol–water partition coefficient (Wildman–Crippen LogP) is 0.587. The van der Waals surface area contributed by atoms with Crippen molar-refractivity contribution < 1.29 is 19.4 Å². The largest absolute Gasteiger partial charge is 0.480 e. The van der Waals surface area contributed by atoms with Gasteiger partial charge in [0.2, 0.25) is 0 Å². The van der Waals surface area contributed by atoms with Gasteiger partial charge >= 0.3 is 5.97 Å². The zero-order chi connectivity index (χ0) is 12.2. The minimum atomic E-state index is -0.853. The molecular weight excluding hydrogens is 210 g/mol. The van der Waals surface area contributed by atoms with Gasteiger partial charge in [0.15, 0.2) is 0 Å². The second-order valence-electron chi connectivity index (χ2n) is 4.45. The molecule has 1 heterocycles. The summed E-state index contributed by atoms with van der Waals surface area (Å²) in [5.41, 5.74) is -0.853. The molecule has 2 atom stereocenters. The zero-order valence-corrected chi connectivity index (χ0v) is 10.2. The third-order valence-corrected chi connectivity index (χ3v) is 3.19. The fourth-order valence-corrected chi connectivity index (χ4v) is 1.97. The third-order valence-electron chi connectivity index (χ3n) is 3.19. The topological polar surface area (TPSA) is 59.0 Å². The smallest absolute Gasteiger partial charge is 0.323 e. The summed E-state index contributed by atoms with van der Waals surface area (Å²) in [7, 11) is 1.59. The lowest BCUT2D eigenvalue weighted by atomic mass is 9.95. The highest BCUT2D eigenvalue weighted by Crippen LogP contribution is 2.23. The molecule has 1 saturated heterocycles. The molecule has 0 spiro atoms. The molecule has 0 saturated carbocycles. The zero-order valence-electron chi connectivity index (χ0n) is 10.2. The number of carboxylic acid groups (broad SMARTS) is 1. The van der Waals surface area contributed by atoms with E-state index >= 15 is 0 Å². The Balaban J connectivity index is 2.71. The van der Waals surface area contributed by atoms with Crippen molar-refractivity contribution in [2.24, 2.45) is 0 Å². The van der Waals surface area contributed by atoms with Crippen LogP contribution < -0.4 is 0 Å². The second-order valence-corrected chi connectivity index (χ2v) is 4.45. The van der Waals surface area contributed by atoms with Crippen LogP contribution in [-0.4, -0.2) is 61.0 Å². The van der Waals surface area contributed by atoms with Gasteiger partial charge in [-0.25, -0.2) is 0 Å². The van der Waals surface area contributed by atoms with Crippen molar-refractivity contribution in [2.75, 3.05) is 33.4 Å². The highest BCUT2D eigenvalue weighted by molar-refractivity contribution is 5.78. The van der Waals surface area contributed by atoms with Crippen molar-refractivity contribution >= 4 is 5.97 Å². The lowest BCUT2D eigenvalue weighted by Crippen LogP contribution is -2.58. The number of methoxy groups -OCH3 is 1. The number of ether oxygens (including phenoxy) is 2. The quantitative estimate of drug-likeness (QED) is 0.750. The molecule has 5 heteroatoms. The Morgan fingerprint density at radius 2 is 2.38 bits per heavy atom. The number of rotatable bonds is 5. The molecule has 16 heavy (non-hydrogen) atoms. The Bertz CT molecular complexity index is 246. The van der Waals surface area contributed by atoms with Gasteiger partial charge in [-0.3, -0.25) is 9.69 Å². The summed E-state index contributed by atoms with van der Waals surface area (Å²) in [6.07, 6.45) is 0.584. The number of carboxylic acids is 1. The van der Waals surface area contributed by atoms with E-state index in [1.54, 1.807) is 14.0 Å². The lowest BCUT2D eigenvalue weighted by Gasteiger charge is -2.42. The molecule has 1 fully saturated rings. The first-order valence-electron chi connectivity index (χ1n) is 5.59. The first-order valence-corrected chi connectivity index (χ1v) is 5.59. The highest BCUT2D eigenvalue weighted by Gasteiger charge is 2.40. The third kappa shape index (κ3) is 2.93. The van der Waals surface area contributed by atoms with Crippen molar-refractivity contribution in [2.45, 2.75) is 31.9 Å². The van der Waals surface area contributed by atoms with Crippen molar-refractivity contribution in [1.29, 1.82) is 0 Å². The van der Waals surface area contributed by atoms with Crippen molar-refractivity contribution in [3.05, 3.63) is 0 Å². The van der Waals surface area contributed by atoms with Gasteiger partial charge in [-0.05, 0) is 20.3 Å². The number of morpholine rings is 1. The molecule has 5 nitrogen and oxygen atoms in total.